The summed E-state index contributed by atoms with van der Waals surface area (Å²) in [5.41, 5.74) is 1.08. The molecule has 214 valence electrons. The van der Waals surface area contributed by atoms with E-state index in [2.05, 4.69) is 10.3 Å². The van der Waals surface area contributed by atoms with Crippen LogP contribution in [0, 0.1) is 12.7 Å². The predicted molar refractivity (Wildman–Crippen MR) is 147 cm³/mol. The molecule has 2 N–H and O–H groups in total. The molecule has 0 aliphatic heterocycles. The first kappa shape index (κ1) is 30.7. The highest BCUT2D eigenvalue weighted by atomic mass is 32.2. The highest BCUT2D eigenvalue weighted by molar-refractivity contribution is 7.89. The summed E-state index contributed by atoms with van der Waals surface area (Å²) in [5, 5.41) is 14.1. The topological polar surface area (TPSA) is 129 Å². The first-order chi connectivity index (χ1) is 18.9. The highest BCUT2D eigenvalue weighted by Gasteiger charge is 2.34. The van der Waals surface area contributed by atoms with Crippen molar-refractivity contribution < 1.29 is 32.2 Å². The van der Waals surface area contributed by atoms with E-state index in [9.17, 15) is 27.5 Å². The van der Waals surface area contributed by atoms with E-state index in [1.54, 1.807) is 30.3 Å². The second kappa shape index (κ2) is 13.5. The summed E-state index contributed by atoms with van der Waals surface area (Å²) in [6.45, 7) is 0.348. The summed E-state index contributed by atoms with van der Waals surface area (Å²) in [7, 11) is -0.0443. The second-order valence-electron chi connectivity index (χ2n) is 9.41. The summed E-state index contributed by atoms with van der Waals surface area (Å²) in [5.74, 6) is -1.51. The number of benzene rings is 2. The molecular weight excluding hydrogens is 539 g/mol. The number of carbonyl (C=O) groups excluding carboxylic acids is 2. The predicted octanol–water partition coefficient (Wildman–Crippen LogP) is 2.02. The van der Waals surface area contributed by atoms with Crippen molar-refractivity contribution in [2.24, 2.45) is 0 Å². The SMILES string of the molecule is COc1ccnc(C(=O)N[C@@H](Cc2ccccc2)[C@H](O)CN(CC(=O)N(C)C)S(=O)(=O)c2cc(F)ccc2C)c1. The number of nitrogens with one attached hydrogen (secondary N) is 1. The summed E-state index contributed by atoms with van der Waals surface area (Å²) in [6.07, 6.45) is 0.0822. The van der Waals surface area contributed by atoms with Crippen LogP contribution in [0.5, 0.6) is 5.75 Å². The van der Waals surface area contributed by atoms with Crippen LogP contribution in [-0.4, -0.2) is 86.0 Å². The number of pyridine rings is 1. The van der Waals surface area contributed by atoms with Crippen molar-refractivity contribution in [3.8, 4) is 5.75 Å². The molecule has 0 radical (unpaired) electrons. The van der Waals surface area contributed by atoms with Gasteiger partial charge in [0.1, 0.15) is 17.3 Å². The summed E-state index contributed by atoms with van der Waals surface area (Å²) < 4.78 is 47.3. The van der Waals surface area contributed by atoms with E-state index in [4.69, 9.17) is 4.74 Å². The maximum absolute atomic E-state index is 14.1. The molecule has 10 nitrogen and oxygen atoms in total. The minimum Gasteiger partial charge on any atom is -0.497 e. The van der Waals surface area contributed by atoms with Gasteiger partial charge in [-0.25, -0.2) is 12.8 Å². The van der Waals surface area contributed by atoms with Gasteiger partial charge in [0.25, 0.3) is 5.91 Å². The van der Waals surface area contributed by atoms with Crippen LogP contribution in [0.25, 0.3) is 0 Å². The maximum atomic E-state index is 14.1. The zero-order valence-corrected chi connectivity index (χ0v) is 23.6. The molecule has 0 unspecified atom stereocenters. The number of aryl methyl sites for hydroxylation is 1. The van der Waals surface area contributed by atoms with Crippen LogP contribution < -0.4 is 10.1 Å². The van der Waals surface area contributed by atoms with Gasteiger partial charge in [-0.1, -0.05) is 36.4 Å². The molecule has 2 aromatic carbocycles. The number of carbonyl (C=O) groups is 2. The summed E-state index contributed by atoms with van der Waals surface area (Å²) in [4.78, 5) is 30.7. The second-order valence-corrected chi connectivity index (χ2v) is 11.3. The van der Waals surface area contributed by atoms with Gasteiger partial charge in [-0.05, 0) is 42.7 Å². The molecule has 0 saturated heterocycles. The zero-order valence-electron chi connectivity index (χ0n) is 22.7. The Hall–Kier alpha value is -3.87. The van der Waals surface area contributed by atoms with Gasteiger partial charge in [-0.3, -0.25) is 14.6 Å². The minimum atomic E-state index is -4.43. The number of ether oxygens (including phenoxy) is 1. The zero-order chi connectivity index (χ0) is 29.4. The molecule has 0 bridgehead atoms. The molecule has 0 fully saturated rings. The number of hydrogen-bond donors (Lipinski definition) is 2. The van der Waals surface area contributed by atoms with Gasteiger partial charge in [0.15, 0.2) is 0 Å². The maximum Gasteiger partial charge on any atom is 0.270 e. The number of methoxy groups -OCH3 is 1. The lowest BCUT2D eigenvalue weighted by Crippen LogP contribution is -2.52. The lowest BCUT2D eigenvalue weighted by Gasteiger charge is -2.30. The third-order valence-electron chi connectivity index (χ3n) is 6.25. The Morgan fingerprint density at radius 3 is 2.45 bits per heavy atom. The molecule has 0 aliphatic rings. The van der Waals surface area contributed by atoms with E-state index in [1.807, 2.05) is 6.07 Å². The van der Waals surface area contributed by atoms with E-state index < -0.39 is 52.9 Å². The van der Waals surface area contributed by atoms with E-state index in [1.165, 1.54) is 51.4 Å². The van der Waals surface area contributed by atoms with Crippen molar-refractivity contribution >= 4 is 21.8 Å². The van der Waals surface area contributed by atoms with Gasteiger partial charge in [0.2, 0.25) is 15.9 Å². The van der Waals surface area contributed by atoms with Gasteiger partial charge < -0.3 is 20.1 Å². The monoisotopic (exact) mass is 572 g/mol. The van der Waals surface area contributed by atoms with Crippen molar-refractivity contribution in [2.75, 3.05) is 34.3 Å². The molecule has 0 aliphatic carbocycles. The molecule has 12 heteroatoms. The normalized spacial score (nSPS) is 13.0. The number of aromatic nitrogens is 1. The van der Waals surface area contributed by atoms with Crippen LogP contribution in [0.2, 0.25) is 0 Å². The van der Waals surface area contributed by atoms with Crippen LogP contribution in [0.4, 0.5) is 4.39 Å². The number of hydrogen-bond acceptors (Lipinski definition) is 7. The number of aliphatic hydroxyl groups excluding tert-OH is 1. The van der Waals surface area contributed by atoms with Crippen molar-refractivity contribution in [3.63, 3.8) is 0 Å². The highest BCUT2D eigenvalue weighted by Crippen LogP contribution is 2.22. The fourth-order valence-electron chi connectivity index (χ4n) is 3.92. The molecular formula is C28H33FN4O6S. The number of nitrogens with zero attached hydrogens (tertiary/aromatic N) is 3. The number of likely N-dealkylation sites (N-methyl/N-ethyl adjacent to an activating group) is 1. The lowest BCUT2D eigenvalue weighted by atomic mass is 10.0. The Morgan fingerprint density at radius 1 is 1.10 bits per heavy atom. The smallest absolute Gasteiger partial charge is 0.270 e. The van der Waals surface area contributed by atoms with Crippen molar-refractivity contribution in [1.29, 1.82) is 0 Å². The first-order valence-electron chi connectivity index (χ1n) is 12.4. The largest absolute Gasteiger partial charge is 0.497 e. The van der Waals surface area contributed by atoms with E-state index in [0.29, 0.717) is 5.75 Å². The number of halogens is 1. The Kier molecular flexibility index (Phi) is 10.3. The molecule has 3 aromatic rings. The first-order valence-corrected chi connectivity index (χ1v) is 13.9. The third-order valence-corrected chi connectivity index (χ3v) is 8.20. The van der Waals surface area contributed by atoms with Gasteiger partial charge in [0.05, 0.1) is 30.7 Å². The van der Waals surface area contributed by atoms with Crippen LogP contribution >= 0.6 is 0 Å². The quantitative estimate of drug-likeness (QED) is 0.340. The average molecular weight is 573 g/mol. The molecule has 0 spiro atoms. The third kappa shape index (κ3) is 7.84. The van der Waals surface area contributed by atoms with Crippen LogP contribution in [0.1, 0.15) is 21.6 Å². The molecule has 2 atom stereocenters. The lowest BCUT2D eigenvalue weighted by molar-refractivity contribution is -0.129. The molecule has 1 heterocycles. The fourth-order valence-corrected chi connectivity index (χ4v) is 5.57. The number of aliphatic hydroxyl groups is 1. The molecule has 1 aromatic heterocycles. The fraction of sp³-hybridized carbons (Fsp3) is 0.321. The van der Waals surface area contributed by atoms with Crippen molar-refractivity contribution in [3.05, 3.63) is 89.5 Å². The minimum absolute atomic E-state index is 0.0345. The van der Waals surface area contributed by atoms with E-state index in [-0.39, 0.29) is 22.6 Å². The van der Waals surface area contributed by atoms with Crippen LogP contribution in [-0.2, 0) is 21.2 Å². The van der Waals surface area contributed by atoms with E-state index >= 15 is 0 Å². The molecule has 2 amide bonds. The van der Waals surface area contributed by atoms with Gasteiger partial charge in [0, 0.05) is 32.9 Å². The van der Waals surface area contributed by atoms with Crippen LogP contribution in [0.15, 0.2) is 71.8 Å². The molecule has 40 heavy (non-hydrogen) atoms. The van der Waals surface area contributed by atoms with E-state index in [0.717, 1.165) is 22.0 Å². The Balaban J connectivity index is 1.96. The molecule has 0 saturated carbocycles. The van der Waals surface area contributed by atoms with Crippen molar-refractivity contribution in [2.45, 2.75) is 30.4 Å². The Bertz CT molecular complexity index is 1440. The standard InChI is InChI=1S/C28H33FN4O6S/c1-19-10-11-21(29)15-26(19)40(37,38)33(18-27(35)32(2)3)17-25(34)23(14-20-8-6-5-7-9-20)31-28(36)24-16-22(39-4)12-13-30-24/h5-13,15-16,23,25,34H,14,17-18H2,1-4H3,(H,31,36)/t23-,25+/m0/s1. The number of amides is 2. The van der Waals surface area contributed by atoms with Gasteiger partial charge in [-0.15, -0.1) is 0 Å². The van der Waals surface area contributed by atoms with Crippen molar-refractivity contribution in [1.82, 2.24) is 19.5 Å². The number of sulfonamides is 1. The van der Waals surface area contributed by atoms with Crippen LogP contribution in [0.3, 0.4) is 0 Å². The van der Waals surface area contributed by atoms with Gasteiger partial charge >= 0.3 is 0 Å². The Labute approximate surface area is 233 Å². The average Bonchev–Trinajstić information content (AvgIpc) is 2.93. The number of rotatable bonds is 12. The summed E-state index contributed by atoms with van der Waals surface area (Å²) in [6, 6.07) is 14.4. The summed E-state index contributed by atoms with van der Waals surface area (Å²) >= 11 is 0. The van der Waals surface area contributed by atoms with Gasteiger partial charge in [-0.2, -0.15) is 4.31 Å². The Morgan fingerprint density at radius 2 is 1.80 bits per heavy atom. The molecule has 3 rings (SSSR count).